The van der Waals surface area contributed by atoms with Gasteiger partial charge in [-0.15, -0.1) is 0 Å². The Bertz CT molecular complexity index is 374. The Labute approximate surface area is 115 Å². The summed E-state index contributed by atoms with van der Waals surface area (Å²) in [6.07, 6.45) is 4.61. The molecule has 0 amide bonds. The molecule has 0 atom stereocenters. The zero-order valence-corrected chi connectivity index (χ0v) is 9.45. The zero-order chi connectivity index (χ0) is 10.8. The molecule has 17 heavy (non-hydrogen) atoms. The summed E-state index contributed by atoms with van der Waals surface area (Å²) in [5.41, 5.74) is 5.81. The van der Waals surface area contributed by atoms with Crippen LogP contribution in [0.1, 0.15) is 22.3 Å². The molecule has 0 aromatic heterocycles. The number of hydrogen-bond donors (Lipinski definition) is 0. The Kier molecular flexibility index (Phi) is 4.10. The van der Waals surface area contributed by atoms with Crippen LogP contribution in [0.25, 0.3) is 0 Å². The molecular weight excluding hydrogens is 199 g/mol. The molecule has 0 aliphatic heterocycles. The maximum Gasteiger partial charge on any atom is -0.0238 e. The van der Waals surface area contributed by atoms with Crippen molar-refractivity contribution >= 4 is 18.9 Å². The molecular formula is C16H17Li. The fourth-order valence-electron chi connectivity index (χ4n) is 2.32. The zero-order valence-electron chi connectivity index (χ0n) is 9.45. The summed E-state index contributed by atoms with van der Waals surface area (Å²) in [6, 6.07) is 18.2. The molecule has 0 spiro atoms. The normalized spacial score (nSPS) is 13.6. The summed E-state index contributed by atoms with van der Waals surface area (Å²) < 4.78 is 0. The van der Waals surface area contributed by atoms with Crippen molar-refractivity contribution < 1.29 is 0 Å². The molecule has 2 aromatic rings. The Morgan fingerprint density at radius 3 is 0.765 bits per heavy atom. The van der Waals surface area contributed by atoms with Gasteiger partial charge in [-0.25, -0.2) is 0 Å². The van der Waals surface area contributed by atoms with Crippen LogP contribution in [0.4, 0.5) is 0 Å². The molecule has 0 heterocycles. The van der Waals surface area contributed by atoms with E-state index in [-0.39, 0.29) is 18.9 Å². The van der Waals surface area contributed by atoms with E-state index in [4.69, 9.17) is 0 Å². The van der Waals surface area contributed by atoms with Gasteiger partial charge in [0.2, 0.25) is 0 Å². The van der Waals surface area contributed by atoms with Crippen molar-refractivity contribution in [3.8, 4) is 0 Å². The van der Waals surface area contributed by atoms with Crippen molar-refractivity contribution in [2.24, 2.45) is 0 Å². The molecule has 0 fully saturated rings. The van der Waals surface area contributed by atoms with Gasteiger partial charge >= 0.3 is 18.9 Å². The van der Waals surface area contributed by atoms with Crippen LogP contribution in [-0.2, 0) is 25.7 Å². The number of rotatable bonds is 0. The molecule has 0 nitrogen and oxygen atoms in total. The first-order chi connectivity index (χ1) is 7.90. The van der Waals surface area contributed by atoms with Crippen molar-refractivity contribution in [1.29, 1.82) is 0 Å². The van der Waals surface area contributed by atoms with Crippen molar-refractivity contribution in [3.05, 3.63) is 70.8 Å². The summed E-state index contributed by atoms with van der Waals surface area (Å²) in [6.45, 7) is 0. The maximum atomic E-state index is 2.28. The van der Waals surface area contributed by atoms with Crippen LogP contribution < -0.4 is 0 Å². The molecule has 0 N–H and O–H groups in total. The van der Waals surface area contributed by atoms with Gasteiger partial charge in [-0.2, -0.15) is 0 Å². The molecule has 4 bridgehead atoms. The summed E-state index contributed by atoms with van der Waals surface area (Å²) in [4.78, 5) is 0. The van der Waals surface area contributed by atoms with E-state index in [9.17, 15) is 0 Å². The van der Waals surface area contributed by atoms with Crippen molar-refractivity contribution in [2.45, 2.75) is 25.7 Å². The van der Waals surface area contributed by atoms with Crippen LogP contribution >= 0.6 is 0 Å². The summed E-state index contributed by atoms with van der Waals surface area (Å²) in [5.74, 6) is 0. The van der Waals surface area contributed by atoms with Crippen LogP contribution in [0.5, 0.6) is 0 Å². The first-order valence-electron chi connectivity index (χ1n) is 6.06. The number of hydrogen-bond acceptors (Lipinski definition) is 0. The van der Waals surface area contributed by atoms with E-state index in [0.717, 1.165) is 25.7 Å². The molecule has 82 valence electrons. The smallest absolute Gasteiger partial charge is 0.0238 e. The van der Waals surface area contributed by atoms with Crippen molar-refractivity contribution in [2.75, 3.05) is 0 Å². The topological polar surface area (TPSA) is 0 Å². The largest absolute Gasteiger partial charge is 0.0588 e. The standard InChI is InChI=1S/C16H16.Li.H/c1-2-14-4-3-13(1)9-10-15-5-7-16(8-6-15)12-11-14;;/h1-8H,9-12H2;;. The monoisotopic (exact) mass is 216 g/mol. The first-order valence-corrected chi connectivity index (χ1v) is 6.06. The predicted molar refractivity (Wildman–Crippen MR) is 74.8 cm³/mol. The van der Waals surface area contributed by atoms with E-state index in [0.29, 0.717) is 0 Å². The van der Waals surface area contributed by atoms with Crippen molar-refractivity contribution in [3.63, 3.8) is 0 Å². The van der Waals surface area contributed by atoms with Gasteiger partial charge < -0.3 is 0 Å². The van der Waals surface area contributed by atoms with Gasteiger partial charge in [0, 0.05) is 0 Å². The van der Waals surface area contributed by atoms with Gasteiger partial charge in [-0.1, -0.05) is 48.5 Å². The average Bonchev–Trinajstić information content (AvgIpc) is 2.33. The minimum Gasteiger partial charge on any atom is -0.0588 e. The molecule has 0 saturated carbocycles. The summed E-state index contributed by atoms with van der Waals surface area (Å²) >= 11 is 0. The number of aryl methyl sites for hydroxylation is 4. The van der Waals surface area contributed by atoms with Crippen molar-refractivity contribution in [1.82, 2.24) is 0 Å². The van der Waals surface area contributed by atoms with Gasteiger partial charge in [-0.3, -0.25) is 0 Å². The molecule has 1 heteroatoms. The van der Waals surface area contributed by atoms with Gasteiger partial charge in [0.05, 0.1) is 0 Å². The summed E-state index contributed by atoms with van der Waals surface area (Å²) in [5, 5.41) is 0. The third kappa shape index (κ3) is 3.03. The molecule has 6 rings (SSSR count). The van der Waals surface area contributed by atoms with Crippen LogP contribution in [0.3, 0.4) is 0 Å². The Morgan fingerprint density at radius 1 is 0.412 bits per heavy atom. The van der Waals surface area contributed by atoms with E-state index in [1.54, 1.807) is 0 Å². The van der Waals surface area contributed by atoms with Gasteiger partial charge in [0.25, 0.3) is 0 Å². The SMILES string of the molecule is [LiH].c1cc2ccc1CCc1ccc(cc1)CC2. The second kappa shape index (κ2) is 5.58. The Hall–Kier alpha value is -0.963. The Morgan fingerprint density at radius 2 is 0.588 bits per heavy atom. The molecule has 0 unspecified atom stereocenters. The third-order valence-electron chi connectivity index (χ3n) is 3.45. The van der Waals surface area contributed by atoms with E-state index in [1.807, 2.05) is 0 Å². The van der Waals surface area contributed by atoms with E-state index in [2.05, 4.69) is 48.5 Å². The van der Waals surface area contributed by atoms with E-state index in [1.165, 1.54) is 22.3 Å². The average molecular weight is 216 g/mol. The van der Waals surface area contributed by atoms with Gasteiger partial charge in [0.1, 0.15) is 0 Å². The fourth-order valence-corrected chi connectivity index (χ4v) is 2.32. The predicted octanol–water partition coefficient (Wildman–Crippen LogP) is 2.92. The maximum absolute atomic E-state index is 2.28. The second-order valence-corrected chi connectivity index (χ2v) is 4.63. The van der Waals surface area contributed by atoms with Gasteiger partial charge in [0.15, 0.2) is 0 Å². The number of benzene rings is 2. The Balaban J connectivity index is 0.00000108. The molecule has 4 aliphatic rings. The second-order valence-electron chi connectivity index (χ2n) is 4.63. The van der Waals surface area contributed by atoms with E-state index < -0.39 is 0 Å². The minimum atomic E-state index is 0. The quantitative estimate of drug-likeness (QED) is 0.594. The summed E-state index contributed by atoms with van der Waals surface area (Å²) in [7, 11) is 0. The van der Waals surface area contributed by atoms with Gasteiger partial charge in [-0.05, 0) is 47.9 Å². The van der Waals surface area contributed by atoms with Crippen LogP contribution in [-0.4, -0.2) is 18.9 Å². The minimum absolute atomic E-state index is 0. The molecule has 2 aromatic carbocycles. The van der Waals surface area contributed by atoms with Crippen LogP contribution in [0, 0.1) is 0 Å². The first kappa shape index (κ1) is 12.5. The third-order valence-corrected chi connectivity index (χ3v) is 3.45. The van der Waals surface area contributed by atoms with Crippen LogP contribution in [0.15, 0.2) is 48.5 Å². The molecule has 4 aliphatic carbocycles. The van der Waals surface area contributed by atoms with E-state index >= 15 is 0 Å². The van der Waals surface area contributed by atoms with Crippen LogP contribution in [0.2, 0.25) is 0 Å². The fraction of sp³-hybridized carbons (Fsp3) is 0.250. The molecule has 0 radical (unpaired) electrons. The molecule has 0 saturated heterocycles.